The number of carbonyl (C=O) groups is 1. The van der Waals surface area contributed by atoms with Crippen LogP contribution in [0.5, 0.6) is 0 Å². The fraction of sp³-hybridized carbons (Fsp3) is 0.250. The maximum absolute atomic E-state index is 10.6. The molecule has 144 valence electrons. The Morgan fingerprint density at radius 2 is 1.63 bits per heavy atom. The molecule has 0 aliphatic heterocycles. The number of benzene rings is 2. The molecule has 3 N–H and O–H groups in total. The van der Waals surface area contributed by atoms with E-state index in [0.29, 0.717) is 5.92 Å². The van der Waals surface area contributed by atoms with Gasteiger partial charge in [-0.1, -0.05) is 66.2 Å². The molecule has 0 aromatic heterocycles. The molecule has 0 bridgehead atoms. The number of nitrogens with two attached hydrogens (primary N) is 1. The molecule has 0 unspecified atom stereocenters. The zero-order valence-electron chi connectivity index (χ0n) is 14.3. The van der Waals surface area contributed by atoms with Crippen LogP contribution in [0.4, 0.5) is 13.2 Å². The van der Waals surface area contributed by atoms with Crippen molar-refractivity contribution in [2.45, 2.75) is 31.0 Å². The van der Waals surface area contributed by atoms with Crippen molar-refractivity contribution in [2.24, 2.45) is 5.73 Å². The Balaban J connectivity index is 0.000000321. The second-order valence-corrected chi connectivity index (χ2v) is 6.54. The first-order valence-electron chi connectivity index (χ1n) is 8.24. The largest absolute Gasteiger partial charge is 0.490 e. The van der Waals surface area contributed by atoms with Crippen LogP contribution >= 0.6 is 11.6 Å². The number of hydrogen-bond acceptors (Lipinski definition) is 2. The maximum Gasteiger partial charge on any atom is 0.490 e. The molecule has 0 fully saturated rings. The Hall–Kier alpha value is -2.31. The molecule has 0 heterocycles. The van der Waals surface area contributed by atoms with E-state index in [2.05, 4.69) is 36.4 Å². The van der Waals surface area contributed by atoms with Crippen molar-refractivity contribution in [2.75, 3.05) is 0 Å². The van der Waals surface area contributed by atoms with Crippen LogP contribution < -0.4 is 5.73 Å². The van der Waals surface area contributed by atoms with Crippen LogP contribution in [0.2, 0.25) is 5.02 Å². The maximum atomic E-state index is 10.6. The Kier molecular flexibility index (Phi) is 7.05. The number of alkyl halides is 3. The SMILES string of the molecule is N[C@H]1CC(c2ccccc2)=CC[C@@H]1c1ccccc1Cl.O=C(O)C(F)(F)F. The summed E-state index contributed by atoms with van der Waals surface area (Å²) < 4.78 is 31.7. The molecular formula is C20H19ClF3NO2. The van der Waals surface area contributed by atoms with Gasteiger partial charge >= 0.3 is 12.1 Å². The van der Waals surface area contributed by atoms with Gasteiger partial charge in [0.2, 0.25) is 0 Å². The van der Waals surface area contributed by atoms with Gasteiger partial charge in [-0.15, -0.1) is 0 Å². The van der Waals surface area contributed by atoms with Crippen LogP contribution in [0.1, 0.15) is 29.9 Å². The molecule has 1 aliphatic carbocycles. The highest BCUT2D eigenvalue weighted by Gasteiger charge is 2.38. The monoisotopic (exact) mass is 397 g/mol. The Labute approximate surface area is 160 Å². The van der Waals surface area contributed by atoms with E-state index in [1.165, 1.54) is 16.7 Å². The van der Waals surface area contributed by atoms with E-state index in [-0.39, 0.29) is 6.04 Å². The molecule has 2 aromatic rings. The number of hydrogen-bond donors (Lipinski definition) is 2. The summed E-state index contributed by atoms with van der Waals surface area (Å²) in [6.45, 7) is 0. The zero-order valence-corrected chi connectivity index (χ0v) is 15.0. The molecule has 2 aromatic carbocycles. The van der Waals surface area contributed by atoms with Gasteiger partial charge in [0.1, 0.15) is 0 Å². The number of carboxylic acids is 1. The van der Waals surface area contributed by atoms with E-state index in [9.17, 15) is 13.2 Å². The first kappa shape index (κ1) is 21.0. The van der Waals surface area contributed by atoms with Gasteiger partial charge in [-0.3, -0.25) is 0 Å². The van der Waals surface area contributed by atoms with Crippen LogP contribution in [0.3, 0.4) is 0 Å². The summed E-state index contributed by atoms with van der Waals surface area (Å²) >= 11 is 6.30. The molecule has 3 rings (SSSR count). The van der Waals surface area contributed by atoms with Crippen LogP contribution in [0, 0.1) is 0 Å². The minimum absolute atomic E-state index is 0.120. The van der Waals surface area contributed by atoms with Gasteiger partial charge in [-0.25, -0.2) is 4.79 Å². The molecule has 0 amide bonds. The van der Waals surface area contributed by atoms with Gasteiger partial charge in [-0.05, 0) is 35.6 Å². The minimum atomic E-state index is -5.08. The molecule has 3 nitrogen and oxygen atoms in total. The van der Waals surface area contributed by atoms with Crippen molar-refractivity contribution in [3.05, 3.63) is 76.8 Å². The van der Waals surface area contributed by atoms with E-state index < -0.39 is 12.1 Å². The lowest BCUT2D eigenvalue weighted by Crippen LogP contribution is -2.31. The van der Waals surface area contributed by atoms with Crippen molar-refractivity contribution in [3.8, 4) is 0 Å². The highest BCUT2D eigenvalue weighted by molar-refractivity contribution is 6.31. The van der Waals surface area contributed by atoms with Crippen LogP contribution in [-0.2, 0) is 4.79 Å². The fourth-order valence-electron chi connectivity index (χ4n) is 2.94. The van der Waals surface area contributed by atoms with Gasteiger partial charge in [0.15, 0.2) is 0 Å². The third-order valence-electron chi connectivity index (χ3n) is 4.28. The summed E-state index contributed by atoms with van der Waals surface area (Å²) in [5, 5.41) is 7.95. The van der Waals surface area contributed by atoms with E-state index in [1.54, 1.807) is 0 Å². The van der Waals surface area contributed by atoms with Crippen molar-refractivity contribution in [3.63, 3.8) is 0 Å². The summed E-state index contributed by atoms with van der Waals surface area (Å²) in [6, 6.07) is 18.6. The third kappa shape index (κ3) is 5.84. The lowest BCUT2D eigenvalue weighted by Gasteiger charge is -2.29. The second-order valence-electron chi connectivity index (χ2n) is 6.13. The normalized spacial score (nSPS) is 19.5. The summed E-state index contributed by atoms with van der Waals surface area (Å²) in [5.41, 5.74) is 10.2. The lowest BCUT2D eigenvalue weighted by atomic mass is 9.79. The Morgan fingerprint density at radius 1 is 1.07 bits per heavy atom. The summed E-state index contributed by atoms with van der Waals surface area (Å²) in [5.74, 6) is -2.44. The molecule has 0 radical (unpaired) electrons. The molecule has 0 saturated heterocycles. The van der Waals surface area contributed by atoms with Crippen LogP contribution in [0.15, 0.2) is 60.7 Å². The van der Waals surface area contributed by atoms with Gasteiger partial charge in [0, 0.05) is 17.0 Å². The van der Waals surface area contributed by atoms with Gasteiger partial charge in [0.25, 0.3) is 0 Å². The average Bonchev–Trinajstić information content (AvgIpc) is 2.63. The fourth-order valence-corrected chi connectivity index (χ4v) is 3.22. The molecule has 1 aliphatic rings. The van der Waals surface area contributed by atoms with Crippen molar-refractivity contribution in [1.82, 2.24) is 0 Å². The summed E-state index contributed by atoms with van der Waals surface area (Å²) in [4.78, 5) is 8.90. The standard InChI is InChI=1S/C18H18ClN.C2HF3O2/c19-17-9-5-4-8-15(17)16-11-10-14(12-18(16)20)13-6-2-1-3-7-13;3-2(4,5)1(6)7/h1-10,16,18H,11-12,20H2;(H,6,7)/t16-,18+;/m1./s1. The topological polar surface area (TPSA) is 63.3 Å². The molecule has 0 saturated carbocycles. The molecular weight excluding hydrogens is 379 g/mol. The molecule has 27 heavy (non-hydrogen) atoms. The van der Waals surface area contributed by atoms with E-state index >= 15 is 0 Å². The number of carboxylic acid groups (broad SMARTS) is 1. The highest BCUT2D eigenvalue weighted by atomic mass is 35.5. The number of aliphatic carboxylic acids is 1. The predicted octanol–water partition coefficient (Wildman–Crippen LogP) is 5.26. The second kappa shape index (κ2) is 9.06. The van der Waals surface area contributed by atoms with Crippen molar-refractivity contribution < 1.29 is 23.1 Å². The van der Waals surface area contributed by atoms with Gasteiger partial charge in [-0.2, -0.15) is 13.2 Å². The molecule has 0 spiro atoms. The summed E-state index contributed by atoms with van der Waals surface area (Å²) in [6.07, 6.45) is -0.915. The van der Waals surface area contributed by atoms with Crippen LogP contribution in [-0.4, -0.2) is 23.3 Å². The lowest BCUT2D eigenvalue weighted by molar-refractivity contribution is -0.192. The predicted molar refractivity (Wildman–Crippen MR) is 99.5 cm³/mol. The zero-order chi connectivity index (χ0) is 20.0. The van der Waals surface area contributed by atoms with Crippen molar-refractivity contribution in [1.29, 1.82) is 0 Å². The van der Waals surface area contributed by atoms with E-state index in [0.717, 1.165) is 17.9 Å². The number of allylic oxidation sites excluding steroid dienone is 1. The first-order chi connectivity index (χ1) is 12.7. The smallest absolute Gasteiger partial charge is 0.475 e. The average molecular weight is 398 g/mol. The van der Waals surface area contributed by atoms with Gasteiger partial charge < -0.3 is 10.8 Å². The number of rotatable bonds is 2. The third-order valence-corrected chi connectivity index (χ3v) is 4.63. The molecule has 7 heteroatoms. The van der Waals surface area contributed by atoms with Gasteiger partial charge in [0.05, 0.1) is 0 Å². The Morgan fingerprint density at radius 3 is 2.15 bits per heavy atom. The number of halogens is 4. The highest BCUT2D eigenvalue weighted by Crippen LogP contribution is 2.37. The van der Waals surface area contributed by atoms with E-state index in [1.807, 2.05) is 24.3 Å². The summed E-state index contributed by atoms with van der Waals surface area (Å²) in [7, 11) is 0. The minimum Gasteiger partial charge on any atom is -0.475 e. The van der Waals surface area contributed by atoms with Crippen molar-refractivity contribution >= 4 is 23.1 Å². The Bertz CT molecular complexity index is 806. The molecule has 2 atom stereocenters. The quantitative estimate of drug-likeness (QED) is 0.726. The van der Waals surface area contributed by atoms with E-state index in [4.69, 9.17) is 27.2 Å². The van der Waals surface area contributed by atoms with Crippen LogP contribution in [0.25, 0.3) is 5.57 Å². The first-order valence-corrected chi connectivity index (χ1v) is 8.62.